The molecule has 0 bridgehead atoms. The molecular weight excluding hydrogens is 584 g/mol. The number of hydrogen-bond donors (Lipinski definition) is 1. The Kier molecular flexibility index (Phi) is 10.3. The Morgan fingerprint density at radius 3 is 2.52 bits per heavy atom. The number of fused-ring (bicyclic) bond motifs is 1. The van der Waals surface area contributed by atoms with Crippen molar-refractivity contribution in [3.8, 4) is 0 Å². The number of anilines is 1. The minimum atomic E-state index is 0. The van der Waals surface area contributed by atoms with Gasteiger partial charge in [-0.25, -0.2) is 4.90 Å². The molecule has 3 aromatic rings. The Balaban J connectivity index is 0.00000133. The molecule has 104 valence electrons. The fraction of sp³-hybridized carbons (Fsp3) is 0.0714. The van der Waals surface area contributed by atoms with Crippen molar-refractivity contribution < 1.29 is 72.3 Å². The number of nitrogens with zero attached hydrogens (tertiary/aromatic N) is 1. The molecule has 0 saturated heterocycles. The van der Waals surface area contributed by atoms with E-state index in [1.165, 1.54) is 4.70 Å². The van der Waals surface area contributed by atoms with Crippen LogP contribution in [0.4, 0.5) is 5.69 Å². The van der Waals surface area contributed by atoms with Crippen LogP contribution in [0.25, 0.3) is 10.2 Å². The van der Waals surface area contributed by atoms with Crippen molar-refractivity contribution in [2.75, 3.05) is 5.73 Å². The maximum atomic E-state index is 5.61. The number of rotatable bonds is 2. The molecule has 0 amide bonds. The van der Waals surface area contributed by atoms with Crippen molar-refractivity contribution >= 4 is 39.0 Å². The van der Waals surface area contributed by atoms with Crippen LogP contribution < -0.4 is 5.73 Å². The second kappa shape index (κ2) is 9.88. The third-order valence-electron chi connectivity index (χ3n) is 2.37. The number of benzene rings is 2. The maximum absolute atomic E-state index is 5.61. The summed E-state index contributed by atoms with van der Waals surface area (Å²) in [5.41, 5.74) is 8.41. The first kappa shape index (κ1) is 21.9. The zero-order chi connectivity index (χ0) is 12.5. The minimum absolute atomic E-state index is 0. The van der Waals surface area contributed by atoms with Crippen molar-refractivity contribution in [2.24, 2.45) is 0 Å². The molecule has 0 spiro atoms. The fourth-order valence-electron chi connectivity index (χ4n) is 1.52. The molecule has 2 N–H and O–H groups in total. The van der Waals surface area contributed by atoms with Gasteiger partial charge >= 0.3 is 0 Å². The summed E-state index contributed by atoms with van der Waals surface area (Å²) in [5, 5.41) is 0. The van der Waals surface area contributed by atoms with E-state index in [9.17, 15) is 0 Å². The second-order valence-corrected chi connectivity index (χ2v) is 6.14. The molecule has 0 aliphatic heterocycles. The molecule has 2 aromatic carbocycles. The molecule has 3 rings (SSSR count). The number of nitrogen functional groups attached to an aromatic ring is 1. The molecule has 2 nitrogen and oxygen atoms in total. The summed E-state index contributed by atoms with van der Waals surface area (Å²) in [5.74, 6) is 0. The monoisotopic (exact) mass is 593 g/mol. The van der Waals surface area contributed by atoms with Gasteiger partial charge in [0.25, 0.3) is 0 Å². The molecule has 0 aliphatic rings. The molecule has 0 saturated carbocycles. The molecular formula is C14H9N2S2VWY-3. The average Bonchev–Trinajstić information content (AvgIpc) is 2.73. The van der Waals surface area contributed by atoms with E-state index in [0.29, 0.717) is 5.69 Å². The van der Waals surface area contributed by atoms with E-state index < -0.39 is 0 Å². The van der Waals surface area contributed by atoms with E-state index in [0.717, 1.165) is 20.3 Å². The Bertz CT molecular complexity index is 704. The number of thiazole rings is 1. The van der Waals surface area contributed by atoms with Crippen molar-refractivity contribution in [2.45, 2.75) is 16.2 Å². The zero-order valence-electron chi connectivity index (χ0n) is 11.1. The third-order valence-corrected chi connectivity index (χ3v) is 4.39. The first-order valence-corrected chi connectivity index (χ1v) is 6.99. The number of nitrogens with two attached hydrogens (primary N) is 1. The minimum Gasteiger partial charge on any atom is -0.503 e. The Morgan fingerprint density at radius 1 is 1.19 bits per heavy atom. The Morgan fingerprint density at radius 2 is 1.86 bits per heavy atom. The van der Waals surface area contributed by atoms with Gasteiger partial charge in [0.1, 0.15) is 4.34 Å². The van der Waals surface area contributed by atoms with E-state index in [4.69, 9.17) is 5.73 Å². The number of aryl methyl sites for hydroxylation is 1. The molecule has 0 unspecified atom stereocenters. The quantitative estimate of drug-likeness (QED) is 0.364. The van der Waals surface area contributed by atoms with Gasteiger partial charge in [-0.3, -0.25) is 17.1 Å². The van der Waals surface area contributed by atoms with Gasteiger partial charge in [0, 0.05) is 72.3 Å². The average molecular weight is 593 g/mol. The SMILES string of the molecule is Cc1[c-]cc2nc(Sc3[c-]cc(N)c[c-]3)sc2c1.[V].[W].[Y]. The van der Waals surface area contributed by atoms with Crippen LogP contribution in [-0.2, 0) is 72.3 Å². The maximum Gasteiger partial charge on any atom is 0.137 e. The molecule has 1 aromatic heterocycles. The van der Waals surface area contributed by atoms with Crippen LogP contribution in [0.1, 0.15) is 5.56 Å². The van der Waals surface area contributed by atoms with Gasteiger partial charge in [0.05, 0.1) is 0 Å². The zero-order valence-corrected chi connectivity index (χ0v) is 19.9. The predicted molar refractivity (Wildman–Crippen MR) is 75.8 cm³/mol. The molecule has 0 fully saturated rings. The summed E-state index contributed by atoms with van der Waals surface area (Å²) in [7, 11) is 0. The fourth-order valence-corrected chi connectivity index (χ4v) is 3.54. The summed E-state index contributed by atoms with van der Waals surface area (Å²) in [4.78, 5) is 5.46. The number of hydrogen-bond acceptors (Lipinski definition) is 4. The molecule has 0 aliphatic carbocycles. The molecule has 0 atom stereocenters. The van der Waals surface area contributed by atoms with Crippen LogP contribution in [0, 0.1) is 25.1 Å². The largest absolute Gasteiger partial charge is 0.503 e. The summed E-state index contributed by atoms with van der Waals surface area (Å²) in [6.07, 6.45) is 0. The van der Waals surface area contributed by atoms with Gasteiger partial charge in [-0.15, -0.1) is 29.2 Å². The van der Waals surface area contributed by atoms with Gasteiger partial charge in [-0.2, -0.15) is 23.4 Å². The van der Waals surface area contributed by atoms with E-state index in [-0.39, 0.29) is 72.3 Å². The van der Waals surface area contributed by atoms with Crippen LogP contribution in [0.2, 0.25) is 0 Å². The Hall–Kier alpha value is 0.857. The standard InChI is InChI=1S/C14H9N2S2.V.W.Y/c1-9-2-7-12-13(8-9)18-14(16-12)17-11-5-3-10(15)4-6-11;;;/h3-4,7-8H,15H2,1H3;;;/q-3;;;. The second-order valence-electron chi connectivity index (χ2n) is 3.85. The van der Waals surface area contributed by atoms with Gasteiger partial charge in [-0.05, 0) is 5.52 Å². The number of aromatic nitrogens is 1. The predicted octanol–water partition coefficient (Wildman–Crippen LogP) is 3.73. The van der Waals surface area contributed by atoms with Gasteiger partial charge < -0.3 is 17.9 Å². The molecule has 7 heteroatoms. The smallest absolute Gasteiger partial charge is 0.137 e. The van der Waals surface area contributed by atoms with Crippen molar-refractivity contribution in [3.63, 3.8) is 0 Å². The molecule has 2 radical (unpaired) electrons. The van der Waals surface area contributed by atoms with Gasteiger partial charge in [0.15, 0.2) is 0 Å². The van der Waals surface area contributed by atoms with E-state index in [1.807, 2.05) is 13.0 Å². The van der Waals surface area contributed by atoms with Crippen LogP contribution in [0.3, 0.4) is 0 Å². The molecule has 21 heavy (non-hydrogen) atoms. The van der Waals surface area contributed by atoms with Crippen molar-refractivity contribution in [1.82, 2.24) is 4.98 Å². The molecule has 1 heterocycles. The topological polar surface area (TPSA) is 38.9 Å². The van der Waals surface area contributed by atoms with E-state index in [1.54, 1.807) is 35.2 Å². The summed E-state index contributed by atoms with van der Waals surface area (Å²) in [6.45, 7) is 2.04. The van der Waals surface area contributed by atoms with E-state index in [2.05, 4.69) is 29.2 Å². The summed E-state index contributed by atoms with van der Waals surface area (Å²) >= 11 is 3.23. The van der Waals surface area contributed by atoms with Crippen LogP contribution >= 0.6 is 23.1 Å². The van der Waals surface area contributed by atoms with Gasteiger partial charge in [0.2, 0.25) is 0 Å². The van der Waals surface area contributed by atoms with Crippen LogP contribution in [0.5, 0.6) is 0 Å². The van der Waals surface area contributed by atoms with Crippen LogP contribution in [-0.4, -0.2) is 4.98 Å². The Labute approximate surface area is 184 Å². The first-order valence-electron chi connectivity index (χ1n) is 5.36. The third kappa shape index (κ3) is 5.77. The van der Waals surface area contributed by atoms with Gasteiger partial charge in [-0.1, -0.05) is 11.6 Å². The summed E-state index contributed by atoms with van der Waals surface area (Å²) in [6, 6.07) is 16.9. The summed E-state index contributed by atoms with van der Waals surface area (Å²) < 4.78 is 2.17. The van der Waals surface area contributed by atoms with Crippen molar-refractivity contribution in [1.29, 1.82) is 0 Å². The van der Waals surface area contributed by atoms with E-state index >= 15 is 0 Å². The normalized spacial score (nSPS) is 9.38. The van der Waals surface area contributed by atoms with Crippen molar-refractivity contribution in [3.05, 3.63) is 48.0 Å². The van der Waals surface area contributed by atoms with Crippen LogP contribution in [0.15, 0.2) is 33.5 Å². The first-order chi connectivity index (χ1) is 8.70.